The van der Waals surface area contributed by atoms with Gasteiger partial charge in [0.05, 0.1) is 28.7 Å². The van der Waals surface area contributed by atoms with E-state index in [2.05, 4.69) is 19.8 Å². The van der Waals surface area contributed by atoms with Crippen molar-refractivity contribution >= 4 is 16.7 Å². The summed E-state index contributed by atoms with van der Waals surface area (Å²) in [6, 6.07) is 9.40. The van der Waals surface area contributed by atoms with Gasteiger partial charge in [0.2, 0.25) is 0 Å². The molecule has 2 aliphatic rings. The summed E-state index contributed by atoms with van der Waals surface area (Å²) in [5, 5.41) is 2.66. The fourth-order valence-corrected chi connectivity index (χ4v) is 5.05. The van der Waals surface area contributed by atoms with Crippen LogP contribution in [-0.4, -0.2) is 34.1 Å². The number of benzene rings is 2. The van der Waals surface area contributed by atoms with Crippen molar-refractivity contribution in [2.45, 2.75) is 18.9 Å². The molecule has 2 unspecified atom stereocenters. The third kappa shape index (κ3) is 4.16. The van der Waals surface area contributed by atoms with E-state index in [0.29, 0.717) is 36.6 Å². The molecule has 0 spiro atoms. The molecule has 1 aromatic heterocycles. The van der Waals surface area contributed by atoms with Crippen LogP contribution in [0.4, 0.5) is 32.0 Å². The topological polar surface area (TPSA) is 33.1 Å². The van der Waals surface area contributed by atoms with Crippen LogP contribution in [0.3, 0.4) is 0 Å². The summed E-state index contributed by atoms with van der Waals surface area (Å²) in [5.74, 6) is 1.75. The van der Waals surface area contributed by atoms with Crippen LogP contribution in [0, 0.1) is 17.8 Å². The first-order chi connectivity index (χ1) is 15.5. The fraction of sp³-hybridized carbons (Fsp3) is 0.435. The normalized spacial score (nSPS) is 23.2. The van der Waals surface area contributed by atoms with E-state index < -0.39 is 29.2 Å². The van der Waals surface area contributed by atoms with Crippen molar-refractivity contribution in [3.8, 4) is 0 Å². The molecule has 1 aliphatic carbocycles. The Hall–Kier alpha value is -2.75. The average Bonchev–Trinajstić information content (AvgIpc) is 3.04. The highest BCUT2D eigenvalue weighted by Crippen LogP contribution is 2.52. The van der Waals surface area contributed by atoms with Gasteiger partial charge >= 0.3 is 12.4 Å². The Kier molecular flexibility index (Phi) is 5.11. The SMILES string of the molecule is Cn1c(CN2CC3C(CNc4cc(C(F)(F)F)ccc4C(F)(F)F)C3C2)nc2ccccc21. The van der Waals surface area contributed by atoms with E-state index >= 15 is 0 Å². The molecule has 33 heavy (non-hydrogen) atoms. The van der Waals surface area contributed by atoms with Crippen LogP contribution in [0.15, 0.2) is 42.5 Å². The molecular weight excluding hydrogens is 446 g/mol. The Morgan fingerprint density at radius 3 is 2.30 bits per heavy atom. The maximum Gasteiger partial charge on any atom is 0.418 e. The van der Waals surface area contributed by atoms with Gasteiger partial charge in [-0.15, -0.1) is 0 Å². The molecule has 1 N–H and O–H groups in total. The minimum atomic E-state index is -4.73. The van der Waals surface area contributed by atoms with E-state index in [1.807, 2.05) is 31.3 Å². The third-order valence-corrected chi connectivity index (χ3v) is 6.87. The standard InChI is InChI=1S/C23H22F6N4/c1-32-20-5-3-2-4-18(20)31-21(32)12-33-10-15-14(16(15)11-33)9-30-19-8-13(22(24,25)26)6-7-17(19)23(27,28)29/h2-8,14-16,30H,9-12H2,1H3. The second-order valence-electron chi connectivity index (χ2n) is 8.90. The van der Waals surface area contributed by atoms with Gasteiger partial charge in [-0.2, -0.15) is 26.3 Å². The lowest BCUT2D eigenvalue weighted by Gasteiger charge is -2.20. The highest BCUT2D eigenvalue weighted by Gasteiger charge is 2.55. The van der Waals surface area contributed by atoms with E-state index in [4.69, 9.17) is 0 Å². The maximum absolute atomic E-state index is 13.3. The van der Waals surface area contributed by atoms with E-state index in [-0.39, 0.29) is 12.5 Å². The fourth-order valence-electron chi connectivity index (χ4n) is 5.05. The van der Waals surface area contributed by atoms with Crippen molar-refractivity contribution in [3.05, 3.63) is 59.4 Å². The van der Waals surface area contributed by atoms with Gasteiger partial charge in [0, 0.05) is 32.4 Å². The number of para-hydroxylation sites is 2. The quantitative estimate of drug-likeness (QED) is 0.509. The average molecular weight is 468 g/mol. The number of imidazole rings is 1. The summed E-state index contributed by atoms with van der Waals surface area (Å²) in [5.41, 5.74) is -0.699. The Morgan fingerprint density at radius 1 is 0.970 bits per heavy atom. The number of aryl methyl sites for hydroxylation is 1. The van der Waals surface area contributed by atoms with E-state index in [9.17, 15) is 26.3 Å². The second-order valence-corrected chi connectivity index (χ2v) is 8.90. The Balaban J connectivity index is 1.21. The monoisotopic (exact) mass is 468 g/mol. The zero-order valence-electron chi connectivity index (χ0n) is 17.7. The Labute approximate surface area is 186 Å². The molecule has 2 atom stereocenters. The molecule has 1 saturated heterocycles. The summed E-state index contributed by atoms with van der Waals surface area (Å²) in [4.78, 5) is 6.96. The minimum absolute atomic E-state index is 0.150. The number of hydrogen-bond acceptors (Lipinski definition) is 3. The molecule has 0 amide bonds. The Morgan fingerprint density at radius 2 is 1.67 bits per heavy atom. The number of likely N-dealkylation sites (tertiary alicyclic amines) is 1. The van der Waals surface area contributed by atoms with Gasteiger partial charge in [-0.3, -0.25) is 4.90 Å². The van der Waals surface area contributed by atoms with Crippen molar-refractivity contribution in [2.24, 2.45) is 24.8 Å². The number of piperidine rings is 1. The molecule has 2 fully saturated rings. The van der Waals surface area contributed by atoms with Gasteiger partial charge in [-0.25, -0.2) is 4.98 Å². The molecular formula is C23H22F6N4. The van der Waals surface area contributed by atoms with E-state index in [0.717, 1.165) is 29.9 Å². The van der Waals surface area contributed by atoms with Gasteiger partial charge in [-0.05, 0) is 48.1 Å². The second kappa shape index (κ2) is 7.65. The highest BCUT2D eigenvalue weighted by molar-refractivity contribution is 5.75. The smallest absolute Gasteiger partial charge is 0.384 e. The minimum Gasteiger partial charge on any atom is -0.384 e. The largest absolute Gasteiger partial charge is 0.418 e. The zero-order chi connectivity index (χ0) is 23.5. The molecule has 5 rings (SSSR count). The molecule has 0 bridgehead atoms. The molecule has 0 radical (unpaired) electrons. The van der Waals surface area contributed by atoms with Gasteiger partial charge in [0.25, 0.3) is 0 Å². The van der Waals surface area contributed by atoms with E-state index in [1.54, 1.807) is 0 Å². The van der Waals surface area contributed by atoms with Crippen molar-refractivity contribution in [3.63, 3.8) is 0 Å². The number of alkyl halides is 6. The molecule has 2 aromatic carbocycles. The van der Waals surface area contributed by atoms with E-state index in [1.165, 1.54) is 0 Å². The lowest BCUT2D eigenvalue weighted by atomic mass is 10.1. The van der Waals surface area contributed by atoms with Crippen LogP contribution in [-0.2, 0) is 25.9 Å². The first kappa shape index (κ1) is 22.1. The number of nitrogens with zero attached hydrogens (tertiary/aromatic N) is 3. The van der Waals surface area contributed by atoms with Crippen molar-refractivity contribution in [2.75, 3.05) is 25.0 Å². The summed E-state index contributed by atoms with van der Waals surface area (Å²) in [6.45, 7) is 2.51. The number of hydrogen-bond donors (Lipinski definition) is 1. The van der Waals surface area contributed by atoms with Crippen molar-refractivity contribution < 1.29 is 26.3 Å². The van der Waals surface area contributed by atoms with Gasteiger partial charge in [0.1, 0.15) is 5.82 Å². The number of rotatable bonds is 5. The number of nitrogens with one attached hydrogen (secondary N) is 1. The third-order valence-electron chi connectivity index (χ3n) is 6.87. The van der Waals surface area contributed by atoms with Crippen LogP contribution in [0.1, 0.15) is 17.0 Å². The summed E-state index contributed by atoms with van der Waals surface area (Å²) < 4.78 is 80.9. The van der Waals surface area contributed by atoms with Crippen LogP contribution in [0.2, 0.25) is 0 Å². The van der Waals surface area contributed by atoms with Gasteiger partial charge < -0.3 is 9.88 Å². The molecule has 3 aromatic rings. The molecule has 10 heteroatoms. The molecule has 176 valence electrons. The first-order valence-corrected chi connectivity index (χ1v) is 10.7. The van der Waals surface area contributed by atoms with Crippen LogP contribution in [0.5, 0.6) is 0 Å². The Bertz CT molecular complexity index is 1170. The molecule has 4 nitrogen and oxygen atoms in total. The predicted octanol–water partition coefficient (Wildman–Crippen LogP) is 5.40. The van der Waals surface area contributed by atoms with Crippen LogP contribution >= 0.6 is 0 Å². The van der Waals surface area contributed by atoms with Gasteiger partial charge in [0.15, 0.2) is 0 Å². The maximum atomic E-state index is 13.3. The molecule has 1 saturated carbocycles. The predicted molar refractivity (Wildman–Crippen MR) is 111 cm³/mol. The highest BCUT2D eigenvalue weighted by atomic mass is 19.4. The number of fused-ring (bicyclic) bond motifs is 2. The summed E-state index contributed by atoms with van der Waals surface area (Å²) >= 11 is 0. The van der Waals surface area contributed by atoms with Crippen molar-refractivity contribution in [1.29, 1.82) is 0 Å². The summed E-state index contributed by atoms with van der Waals surface area (Å²) in [7, 11) is 1.97. The number of halogens is 6. The van der Waals surface area contributed by atoms with Crippen molar-refractivity contribution in [1.82, 2.24) is 14.5 Å². The number of aromatic nitrogens is 2. The van der Waals surface area contributed by atoms with Crippen LogP contribution < -0.4 is 5.32 Å². The first-order valence-electron chi connectivity index (χ1n) is 10.7. The lowest BCUT2D eigenvalue weighted by molar-refractivity contribution is -0.140. The van der Waals surface area contributed by atoms with Gasteiger partial charge in [-0.1, -0.05) is 12.1 Å². The molecule has 1 aliphatic heterocycles. The van der Waals surface area contributed by atoms with Crippen LogP contribution in [0.25, 0.3) is 11.0 Å². The number of anilines is 1. The molecule has 2 heterocycles. The lowest BCUT2D eigenvalue weighted by Crippen LogP contribution is -2.27. The zero-order valence-corrected chi connectivity index (χ0v) is 17.7. The summed E-state index contributed by atoms with van der Waals surface area (Å²) in [6.07, 6.45) is -9.43.